The number of anilines is 1. The van der Waals surface area contributed by atoms with E-state index in [1.54, 1.807) is 0 Å². The minimum atomic E-state index is -4.86. The van der Waals surface area contributed by atoms with E-state index in [1.807, 2.05) is 6.07 Å². The second-order valence-corrected chi connectivity index (χ2v) is 8.23. The van der Waals surface area contributed by atoms with E-state index in [0.29, 0.717) is 6.07 Å². The molecule has 0 aliphatic carbocycles. The molecule has 2 heterocycles. The number of carbonyl (C=O) groups excluding carboxylic acids is 2. The predicted molar refractivity (Wildman–Crippen MR) is 110 cm³/mol. The lowest BCUT2D eigenvalue weighted by atomic mass is 9.84. The topological polar surface area (TPSA) is 124 Å². The van der Waals surface area contributed by atoms with Crippen molar-refractivity contribution in [1.82, 2.24) is 10.3 Å². The summed E-state index contributed by atoms with van der Waals surface area (Å²) in [6.45, 7) is 2.78. The van der Waals surface area contributed by atoms with Gasteiger partial charge in [-0.3, -0.25) is 14.6 Å². The average molecular weight is 480 g/mol. The standard InChI is InChI=1S/C22H20F4N4O4/c1-20(2,11-27)30-19(33)16-9-13(3-5-28-16)29-18(32)8-12-7-17(31)14(10-15(12)23)21(4-6-34-21)22(24,25)26/h3,5,7,9-10,31H,4,6,8H2,1-2H3,(H,30,33)(H,28,29,32). The smallest absolute Gasteiger partial charge is 0.421 e. The molecule has 1 aliphatic heterocycles. The molecule has 1 unspecified atom stereocenters. The van der Waals surface area contributed by atoms with E-state index in [9.17, 15) is 32.3 Å². The van der Waals surface area contributed by atoms with Gasteiger partial charge < -0.3 is 20.5 Å². The van der Waals surface area contributed by atoms with Gasteiger partial charge in [0.05, 0.1) is 19.1 Å². The maximum atomic E-state index is 14.6. The summed E-state index contributed by atoms with van der Waals surface area (Å²) < 4.78 is 59.6. The first-order valence-electron chi connectivity index (χ1n) is 10.0. The molecule has 2 amide bonds. The van der Waals surface area contributed by atoms with Crippen LogP contribution in [0, 0.1) is 17.1 Å². The molecule has 0 radical (unpaired) electrons. The maximum Gasteiger partial charge on any atom is 0.421 e. The maximum absolute atomic E-state index is 14.6. The van der Waals surface area contributed by atoms with Crippen LogP contribution in [0.2, 0.25) is 0 Å². The van der Waals surface area contributed by atoms with E-state index in [4.69, 9.17) is 5.26 Å². The van der Waals surface area contributed by atoms with E-state index in [1.165, 1.54) is 32.2 Å². The van der Waals surface area contributed by atoms with Gasteiger partial charge in [-0.2, -0.15) is 18.4 Å². The molecule has 0 bridgehead atoms. The van der Waals surface area contributed by atoms with Crippen LogP contribution in [0.1, 0.15) is 41.9 Å². The summed E-state index contributed by atoms with van der Waals surface area (Å²) in [4.78, 5) is 28.5. The van der Waals surface area contributed by atoms with Gasteiger partial charge in [-0.05, 0) is 38.1 Å². The van der Waals surface area contributed by atoms with E-state index in [2.05, 4.69) is 20.4 Å². The largest absolute Gasteiger partial charge is 0.508 e. The summed E-state index contributed by atoms with van der Waals surface area (Å²) in [6.07, 6.45) is -4.69. The summed E-state index contributed by atoms with van der Waals surface area (Å²) in [6, 6.07) is 5.78. The van der Waals surface area contributed by atoms with Crippen LogP contribution in [-0.2, 0) is 21.6 Å². The number of carbonyl (C=O) groups is 2. The van der Waals surface area contributed by atoms with Crippen LogP contribution in [0.5, 0.6) is 5.75 Å². The highest BCUT2D eigenvalue weighted by atomic mass is 19.4. The Kier molecular flexibility index (Phi) is 6.53. The van der Waals surface area contributed by atoms with Gasteiger partial charge in [-0.25, -0.2) is 4.39 Å². The van der Waals surface area contributed by atoms with Gasteiger partial charge in [0, 0.05) is 29.4 Å². The lowest BCUT2D eigenvalue weighted by Crippen LogP contribution is -2.52. The van der Waals surface area contributed by atoms with Crippen molar-refractivity contribution in [3.63, 3.8) is 0 Å². The number of ether oxygens (including phenoxy) is 1. The minimum Gasteiger partial charge on any atom is -0.508 e. The van der Waals surface area contributed by atoms with Gasteiger partial charge >= 0.3 is 6.18 Å². The third-order valence-electron chi connectivity index (χ3n) is 5.19. The molecule has 3 N–H and O–H groups in total. The highest BCUT2D eigenvalue weighted by Gasteiger charge is 2.62. The number of aromatic hydroxyl groups is 1. The number of rotatable bonds is 6. The quantitative estimate of drug-likeness (QED) is 0.545. The van der Waals surface area contributed by atoms with Crippen LogP contribution < -0.4 is 10.6 Å². The Morgan fingerprint density at radius 3 is 2.53 bits per heavy atom. The second kappa shape index (κ2) is 8.90. The Morgan fingerprint density at radius 2 is 1.97 bits per heavy atom. The molecule has 1 aliphatic rings. The number of alkyl halides is 3. The van der Waals surface area contributed by atoms with Gasteiger partial charge in [-0.15, -0.1) is 0 Å². The Bertz CT molecular complexity index is 1170. The van der Waals surface area contributed by atoms with Crippen LogP contribution in [0.25, 0.3) is 0 Å². The predicted octanol–water partition coefficient (Wildman–Crippen LogP) is 3.32. The molecule has 1 aromatic carbocycles. The van der Waals surface area contributed by atoms with Crippen molar-refractivity contribution in [2.24, 2.45) is 0 Å². The Balaban J connectivity index is 1.74. The highest BCUT2D eigenvalue weighted by molar-refractivity contribution is 5.96. The molecule has 1 fully saturated rings. The average Bonchev–Trinajstić information content (AvgIpc) is 2.69. The van der Waals surface area contributed by atoms with Gasteiger partial charge in [0.15, 0.2) is 5.60 Å². The molecule has 1 saturated heterocycles. The van der Waals surface area contributed by atoms with E-state index in [0.717, 1.165) is 6.07 Å². The molecule has 1 atom stereocenters. The van der Waals surface area contributed by atoms with Gasteiger partial charge in [0.25, 0.3) is 5.91 Å². The zero-order valence-electron chi connectivity index (χ0n) is 18.1. The van der Waals surface area contributed by atoms with Crippen molar-refractivity contribution in [2.45, 2.75) is 44.0 Å². The number of nitriles is 1. The number of hydrogen-bond acceptors (Lipinski definition) is 6. The first-order chi connectivity index (χ1) is 15.8. The fraction of sp³-hybridized carbons (Fsp3) is 0.364. The molecule has 180 valence electrons. The zero-order valence-corrected chi connectivity index (χ0v) is 18.1. The third kappa shape index (κ3) is 4.94. The number of phenolic OH excluding ortho intramolecular Hbond substituents is 1. The first kappa shape index (κ1) is 24.9. The number of pyridine rings is 1. The van der Waals surface area contributed by atoms with Crippen LogP contribution in [-0.4, -0.2) is 40.2 Å². The molecular weight excluding hydrogens is 460 g/mol. The Hall–Kier alpha value is -3.72. The zero-order chi connectivity index (χ0) is 25.3. The molecular formula is C22H20F4N4O4. The minimum absolute atomic E-state index is 0.0905. The molecule has 1 aromatic heterocycles. The molecule has 2 aromatic rings. The van der Waals surface area contributed by atoms with E-state index < -0.39 is 59.1 Å². The highest BCUT2D eigenvalue weighted by Crippen LogP contribution is 2.52. The summed E-state index contributed by atoms with van der Waals surface area (Å²) >= 11 is 0. The Morgan fingerprint density at radius 1 is 1.29 bits per heavy atom. The van der Waals surface area contributed by atoms with Crippen molar-refractivity contribution >= 4 is 17.5 Å². The lowest BCUT2D eigenvalue weighted by molar-refractivity contribution is -0.334. The number of benzene rings is 1. The third-order valence-corrected chi connectivity index (χ3v) is 5.19. The summed E-state index contributed by atoms with van der Waals surface area (Å²) in [5.41, 5.74) is -4.98. The van der Waals surface area contributed by atoms with Crippen molar-refractivity contribution in [3.05, 3.63) is 53.1 Å². The second-order valence-electron chi connectivity index (χ2n) is 8.23. The van der Waals surface area contributed by atoms with Crippen LogP contribution in [0.3, 0.4) is 0 Å². The first-order valence-corrected chi connectivity index (χ1v) is 10.0. The monoisotopic (exact) mass is 480 g/mol. The summed E-state index contributed by atoms with van der Waals surface area (Å²) in [5.74, 6) is -3.38. The number of aromatic nitrogens is 1. The van der Waals surface area contributed by atoms with Gasteiger partial charge in [0.1, 0.15) is 22.8 Å². The number of amides is 2. The molecule has 8 nitrogen and oxygen atoms in total. The van der Waals surface area contributed by atoms with Crippen molar-refractivity contribution < 1.29 is 37.0 Å². The molecule has 3 rings (SSSR count). The van der Waals surface area contributed by atoms with Crippen molar-refractivity contribution in [3.8, 4) is 11.8 Å². The van der Waals surface area contributed by atoms with Gasteiger partial charge in [-0.1, -0.05) is 0 Å². The summed E-state index contributed by atoms with van der Waals surface area (Å²) in [5, 5.41) is 24.0. The number of nitrogens with one attached hydrogen (secondary N) is 2. The molecule has 0 saturated carbocycles. The number of hydrogen-bond donors (Lipinski definition) is 3. The van der Waals surface area contributed by atoms with Crippen LogP contribution in [0.15, 0.2) is 30.5 Å². The summed E-state index contributed by atoms with van der Waals surface area (Å²) in [7, 11) is 0. The van der Waals surface area contributed by atoms with E-state index in [-0.39, 0.29) is 23.6 Å². The SMILES string of the molecule is CC(C)(C#N)NC(=O)c1cc(NC(=O)Cc2cc(O)c(C3(C(F)(F)F)CCO3)cc2F)ccn1. The normalized spacial score (nSPS) is 17.9. The molecule has 0 spiro atoms. The molecule has 12 heteroatoms. The molecule has 34 heavy (non-hydrogen) atoms. The van der Waals surface area contributed by atoms with Crippen molar-refractivity contribution in [1.29, 1.82) is 5.26 Å². The van der Waals surface area contributed by atoms with Crippen LogP contribution >= 0.6 is 0 Å². The fourth-order valence-electron chi connectivity index (χ4n) is 3.35. The lowest BCUT2D eigenvalue weighted by Gasteiger charge is -2.43. The number of halogens is 4. The van der Waals surface area contributed by atoms with Crippen LogP contribution in [0.4, 0.5) is 23.2 Å². The van der Waals surface area contributed by atoms with E-state index >= 15 is 0 Å². The number of phenols is 1. The van der Waals surface area contributed by atoms with Crippen molar-refractivity contribution in [2.75, 3.05) is 11.9 Å². The van der Waals surface area contributed by atoms with Gasteiger partial charge in [0.2, 0.25) is 5.91 Å². The number of nitrogens with zero attached hydrogens (tertiary/aromatic N) is 2. The Labute approximate surface area is 191 Å². The fourth-order valence-corrected chi connectivity index (χ4v) is 3.35.